The molecule has 1 aromatic heterocycles. The van der Waals surface area contributed by atoms with Crippen molar-refractivity contribution < 1.29 is 9.53 Å². The van der Waals surface area contributed by atoms with Crippen molar-refractivity contribution in [2.45, 2.75) is 26.8 Å². The van der Waals surface area contributed by atoms with Gasteiger partial charge in [-0.25, -0.2) is 9.67 Å². The maximum atomic E-state index is 13.0. The molecule has 0 aliphatic carbocycles. The summed E-state index contributed by atoms with van der Waals surface area (Å²) in [6.45, 7) is 6.83. The van der Waals surface area contributed by atoms with Gasteiger partial charge in [-0.05, 0) is 48.7 Å². The smallest absolute Gasteiger partial charge is 0.254 e. The number of carbonyl (C=O) groups excluding carboxylic acids is 1. The Morgan fingerprint density at radius 3 is 2.54 bits per heavy atom. The van der Waals surface area contributed by atoms with Crippen molar-refractivity contribution in [3.63, 3.8) is 0 Å². The zero-order valence-electron chi connectivity index (χ0n) is 16.7. The quantitative estimate of drug-likeness (QED) is 0.620. The second kappa shape index (κ2) is 8.69. The molecule has 1 heterocycles. The Hall–Kier alpha value is -3.15. The van der Waals surface area contributed by atoms with Crippen LogP contribution in [0.4, 0.5) is 0 Å². The van der Waals surface area contributed by atoms with Gasteiger partial charge in [0.25, 0.3) is 5.91 Å². The Labute approximate surface area is 165 Å². The van der Waals surface area contributed by atoms with E-state index in [2.05, 4.69) is 23.9 Å². The van der Waals surface area contributed by atoms with E-state index in [9.17, 15) is 4.79 Å². The standard InChI is InChI=1S/C22H26N4O2/c1-16(2)13-28-21-7-5-6-19(12-21)22(27)25(4)17(3)18-8-10-20(11-9-18)26-15-23-14-24-26/h5-12,14-17H,13H2,1-4H3/t17-/m1/s1. The summed E-state index contributed by atoms with van der Waals surface area (Å²) in [4.78, 5) is 18.7. The van der Waals surface area contributed by atoms with Gasteiger partial charge in [0.2, 0.25) is 0 Å². The van der Waals surface area contributed by atoms with Crippen LogP contribution in [0, 0.1) is 5.92 Å². The highest BCUT2D eigenvalue weighted by molar-refractivity contribution is 5.94. The van der Waals surface area contributed by atoms with E-state index in [4.69, 9.17) is 4.74 Å². The van der Waals surface area contributed by atoms with E-state index in [1.165, 1.54) is 6.33 Å². The highest BCUT2D eigenvalue weighted by atomic mass is 16.5. The van der Waals surface area contributed by atoms with E-state index in [0.717, 1.165) is 17.0 Å². The molecule has 0 N–H and O–H groups in total. The number of carbonyl (C=O) groups is 1. The van der Waals surface area contributed by atoms with Crippen LogP contribution in [0.3, 0.4) is 0 Å². The van der Waals surface area contributed by atoms with Gasteiger partial charge >= 0.3 is 0 Å². The molecule has 0 saturated carbocycles. The summed E-state index contributed by atoms with van der Waals surface area (Å²) in [6, 6.07) is 15.3. The van der Waals surface area contributed by atoms with E-state index in [1.54, 1.807) is 15.9 Å². The van der Waals surface area contributed by atoms with Crippen LogP contribution in [-0.4, -0.2) is 39.2 Å². The molecule has 0 radical (unpaired) electrons. The summed E-state index contributed by atoms with van der Waals surface area (Å²) in [5.74, 6) is 1.11. The topological polar surface area (TPSA) is 60.2 Å². The lowest BCUT2D eigenvalue weighted by molar-refractivity contribution is 0.0742. The fraction of sp³-hybridized carbons (Fsp3) is 0.318. The predicted molar refractivity (Wildman–Crippen MR) is 109 cm³/mol. The van der Waals surface area contributed by atoms with Gasteiger partial charge < -0.3 is 9.64 Å². The second-order valence-electron chi connectivity index (χ2n) is 7.26. The third-order valence-corrected chi connectivity index (χ3v) is 4.62. The number of ether oxygens (including phenoxy) is 1. The summed E-state index contributed by atoms with van der Waals surface area (Å²) < 4.78 is 7.45. The summed E-state index contributed by atoms with van der Waals surface area (Å²) in [5.41, 5.74) is 2.60. The van der Waals surface area contributed by atoms with Crippen LogP contribution < -0.4 is 4.74 Å². The molecule has 28 heavy (non-hydrogen) atoms. The summed E-state index contributed by atoms with van der Waals surface area (Å²) in [6.07, 6.45) is 3.16. The molecular weight excluding hydrogens is 352 g/mol. The Morgan fingerprint density at radius 1 is 1.14 bits per heavy atom. The van der Waals surface area contributed by atoms with Crippen molar-refractivity contribution in [3.8, 4) is 11.4 Å². The van der Waals surface area contributed by atoms with Crippen LogP contribution in [0.5, 0.6) is 5.75 Å². The maximum absolute atomic E-state index is 13.0. The average Bonchev–Trinajstić information content (AvgIpc) is 3.26. The lowest BCUT2D eigenvalue weighted by atomic mass is 10.1. The number of hydrogen-bond donors (Lipinski definition) is 0. The van der Waals surface area contributed by atoms with E-state index < -0.39 is 0 Å². The Morgan fingerprint density at radius 2 is 1.89 bits per heavy atom. The molecular formula is C22H26N4O2. The Balaban J connectivity index is 1.71. The van der Waals surface area contributed by atoms with Crippen molar-refractivity contribution in [1.82, 2.24) is 19.7 Å². The lowest BCUT2D eigenvalue weighted by Crippen LogP contribution is -2.29. The van der Waals surface area contributed by atoms with E-state index in [-0.39, 0.29) is 11.9 Å². The third kappa shape index (κ3) is 4.57. The van der Waals surface area contributed by atoms with E-state index in [1.807, 2.05) is 62.5 Å². The number of rotatable bonds is 7. The first-order valence-corrected chi connectivity index (χ1v) is 9.40. The normalized spacial score (nSPS) is 12.0. The van der Waals surface area contributed by atoms with Crippen molar-refractivity contribution in [2.24, 2.45) is 5.92 Å². The second-order valence-corrected chi connectivity index (χ2v) is 7.26. The number of aromatic nitrogens is 3. The molecule has 0 saturated heterocycles. The average molecular weight is 378 g/mol. The first-order chi connectivity index (χ1) is 13.5. The minimum absolute atomic E-state index is 0.0390. The molecule has 0 aliphatic rings. The molecule has 3 aromatic rings. The molecule has 0 unspecified atom stereocenters. The van der Waals surface area contributed by atoms with Gasteiger partial charge in [0.15, 0.2) is 0 Å². The summed E-state index contributed by atoms with van der Waals surface area (Å²) in [7, 11) is 1.82. The largest absolute Gasteiger partial charge is 0.493 e. The molecule has 6 nitrogen and oxygen atoms in total. The highest BCUT2D eigenvalue weighted by Gasteiger charge is 2.19. The van der Waals surface area contributed by atoms with Gasteiger partial charge in [0.1, 0.15) is 18.4 Å². The van der Waals surface area contributed by atoms with Crippen molar-refractivity contribution >= 4 is 5.91 Å². The van der Waals surface area contributed by atoms with Gasteiger partial charge in [0.05, 0.1) is 18.3 Å². The van der Waals surface area contributed by atoms with Gasteiger partial charge in [-0.2, -0.15) is 5.10 Å². The molecule has 0 spiro atoms. The summed E-state index contributed by atoms with van der Waals surface area (Å²) in [5, 5.41) is 4.13. The molecule has 0 fully saturated rings. The summed E-state index contributed by atoms with van der Waals surface area (Å²) >= 11 is 0. The first-order valence-electron chi connectivity index (χ1n) is 9.40. The van der Waals surface area contributed by atoms with E-state index in [0.29, 0.717) is 18.1 Å². The van der Waals surface area contributed by atoms with Crippen LogP contribution >= 0.6 is 0 Å². The Kier molecular flexibility index (Phi) is 6.09. The molecule has 1 atom stereocenters. The van der Waals surface area contributed by atoms with Crippen molar-refractivity contribution in [2.75, 3.05) is 13.7 Å². The SMILES string of the molecule is CC(C)COc1cccc(C(=O)N(C)[C@H](C)c2ccc(-n3cncn3)cc2)c1. The number of benzene rings is 2. The van der Waals surface area contributed by atoms with Gasteiger partial charge in [-0.3, -0.25) is 4.79 Å². The van der Waals surface area contributed by atoms with Crippen molar-refractivity contribution in [1.29, 1.82) is 0 Å². The first kappa shape index (κ1) is 19.6. The van der Waals surface area contributed by atoms with Crippen LogP contribution in [0.15, 0.2) is 61.2 Å². The van der Waals surface area contributed by atoms with Gasteiger partial charge in [-0.1, -0.05) is 32.0 Å². The molecule has 1 amide bonds. The highest BCUT2D eigenvalue weighted by Crippen LogP contribution is 2.23. The van der Waals surface area contributed by atoms with Crippen LogP contribution in [-0.2, 0) is 0 Å². The molecule has 2 aromatic carbocycles. The maximum Gasteiger partial charge on any atom is 0.254 e. The number of nitrogens with zero attached hydrogens (tertiary/aromatic N) is 4. The molecule has 3 rings (SSSR count). The lowest BCUT2D eigenvalue weighted by Gasteiger charge is -2.26. The third-order valence-electron chi connectivity index (χ3n) is 4.62. The molecule has 6 heteroatoms. The van der Waals surface area contributed by atoms with Gasteiger partial charge in [0, 0.05) is 12.6 Å². The zero-order chi connectivity index (χ0) is 20.1. The zero-order valence-corrected chi connectivity index (χ0v) is 16.7. The molecule has 0 bridgehead atoms. The fourth-order valence-corrected chi connectivity index (χ4v) is 2.83. The van der Waals surface area contributed by atoms with Crippen LogP contribution in [0.25, 0.3) is 5.69 Å². The molecule has 0 aliphatic heterocycles. The van der Waals surface area contributed by atoms with Crippen molar-refractivity contribution in [3.05, 3.63) is 72.3 Å². The predicted octanol–water partition coefficient (Wildman–Crippen LogP) is 4.14. The van der Waals surface area contributed by atoms with E-state index >= 15 is 0 Å². The Bertz CT molecular complexity index is 905. The van der Waals surface area contributed by atoms with Crippen LogP contribution in [0.2, 0.25) is 0 Å². The number of hydrogen-bond acceptors (Lipinski definition) is 4. The number of amides is 1. The van der Waals surface area contributed by atoms with Crippen LogP contribution in [0.1, 0.15) is 42.7 Å². The monoisotopic (exact) mass is 378 g/mol. The minimum atomic E-state index is -0.0717. The van der Waals surface area contributed by atoms with Gasteiger partial charge in [-0.15, -0.1) is 0 Å². The minimum Gasteiger partial charge on any atom is -0.493 e. The fourth-order valence-electron chi connectivity index (χ4n) is 2.83. The molecule has 146 valence electrons.